The van der Waals surface area contributed by atoms with Gasteiger partial charge in [-0.1, -0.05) is 12.1 Å². The molecule has 0 fully saturated rings. The Kier molecular flexibility index (Phi) is 4.57. The van der Waals surface area contributed by atoms with Crippen LogP contribution in [0.25, 0.3) is 0 Å². The number of ketones is 1. The normalized spacial score (nSPS) is 14.3. The molecule has 0 heterocycles. The first-order chi connectivity index (χ1) is 10.0. The molecule has 0 saturated heterocycles. The molecule has 1 aromatic carbocycles. The lowest BCUT2D eigenvalue weighted by Crippen LogP contribution is -2.45. The highest BCUT2D eigenvalue weighted by molar-refractivity contribution is 6.01. The monoisotopic (exact) mass is 290 g/mol. The van der Waals surface area contributed by atoms with Crippen molar-refractivity contribution in [2.75, 3.05) is 6.54 Å². The van der Waals surface area contributed by atoms with Crippen molar-refractivity contribution >= 4 is 17.7 Å². The number of imide groups is 1. The number of amides is 3. The molecule has 6 heteroatoms. The maximum absolute atomic E-state index is 11.8. The Labute approximate surface area is 122 Å². The first kappa shape index (κ1) is 15.0. The number of urea groups is 1. The predicted molar refractivity (Wildman–Crippen MR) is 76.4 cm³/mol. The van der Waals surface area contributed by atoms with Gasteiger partial charge >= 0.3 is 6.03 Å². The first-order valence-corrected chi connectivity index (χ1v) is 6.93. The zero-order valence-corrected chi connectivity index (χ0v) is 12.1. The van der Waals surface area contributed by atoms with Crippen molar-refractivity contribution in [2.24, 2.45) is 0 Å². The van der Waals surface area contributed by atoms with Crippen LogP contribution in [0.3, 0.4) is 0 Å². The molecule has 3 amide bonds. The summed E-state index contributed by atoms with van der Waals surface area (Å²) >= 11 is 0. The van der Waals surface area contributed by atoms with Gasteiger partial charge in [0.25, 0.3) is 5.91 Å². The number of nitrogens with one attached hydrogen (secondary N) is 2. The van der Waals surface area contributed by atoms with Crippen LogP contribution in [-0.4, -0.2) is 30.4 Å². The number of carbonyl (C=O) groups is 3. The van der Waals surface area contributed by atoms with E-state index in [1.54, 1.807) is 32.0 Å². The molecule has 1 aromatic rings. The van der Waals surface area contributed by atoms with Crippen LogP contribution in [0.5, 0.6) is 5.75 Å². The molecule has 2 rings (SSSR count). The van der Waals surface area contributed by atoms with Gasteiger partial charge < -0.3 is 10.1 Å². The fraction of sp³-hybridized carbons (Fsp3) is 0.400. The minimum atomic E-state index is -0.824. The van der Waals surface area contributed by atoms with Gasteiger partial charge in [0.2, 0.25) is 0 Å². The number of ether oxygens (including phenoxy) is 1. The number of Topliss-reactive ketones (excluding diaryl/α,β-unsaturated/α-hetero) is 1. The van der Waals surface area contributed by atoms with Crippen molar-refractivity contribution < 1.29 is 19.1 Å². The Morgan fingerprint density at radius 1 is 1.33 bits per heavy atom. The molecule has 0 bridgehead atoms. The van der Waals surface area contributed by atoms with Crippen LogP contribution in [0.1, 0.15) is 36.2 Å². The molecule has 6 nitrogen and oxygen atoms in total. The third-order valence-electron chi connectivity index (χ3n) is 3.28. The molecule has 1 aliphatic rings. The van der Waals surface area contributed by atoms with E-state index < -0.39 is 18.0 Å². The van der Waals surface area contributed by atoms with Crippen molar-refractivity contribution in [1.29, 1.82) is 0 Å². The summed E-state index contributed by atoms with van der Waals surface area (Å²) in [5, 5.41) is 4.67. The number of carbonyl (C=O) groups excluding carboxylic acids is 3. The second-order valence-electron chi connectivity index (χ2n) is 4.81. The largest absolute Gasteiger partial charge is 0.481 e. The average Bonchev–Trinajstić information content (AvgIpc) is 2.82. The summed E-state index contributed by atoms with van der Waals surface area (Å²) in [5.41, 5.74) is 1.49. The number of hydrogen-bond donors (Lipinski definition) is 2. The smallest absolute Gasteiger partial charge is 0.321 e. The molecule has 21 heavy (non-hydrogen) atoms. The third-order valence-corrected chi connectivity index (χ3v) is 3.28. The van der Waals surface area contributed by atoms with E-state index >= 15 is 0 Å². The second-order valence-corrected chi connectivity index (χ2v) is 4.81. The fourth-order valence-electron chi connectivity index (χ4n) is 2.23. The molecule has 1 unspecified atom stereocenters. The van der Waals surface area contributed by atoms with Gasteiger partial charge in [-0.15, -0.1) is 0 Å². The van der Waals surface area contributed by atoms with Gasteiger partial charge in [-0.3, -0.25) is 14.9 Å². The quantitative estimate of drug-likeness (QED) is 0.878. The maximum atomic E-state index is 11.8. The highest BCUT2D eigenvalue weighted by atomic mass is 16.5. The standard InChI is InChI=1S/C15H18N2O4/c1-3-16-15(20)17-14(19)9(2)21-13-6-4-5-10-11(13)7-8-12(10)18/h4-6,9H,3,7-8H2,1-2H3,(H2,16,17,19,20). The zero-order chi connectivity index (χ0) is 15.4. The Morgan fingerprint density at radius 2 is 2.10 bits per heavy atom. The summed E-state index contributed by atoms with van der Waals surface area (Å²) in [6.45, 7) is 3.75. The second kappa shape index (κ2) is 6.39. The Bertz CT molecular complexity index is 583. The number of benzene rings is 1. The topological polar surface area (TPSA) is 84.5 Å². The molecule has 112 valence electrons. The van der Waals surface area contributed by atoms with E-state index in [4.69, 9.17) is 4.74 Å². The summed E-state index contributed by atoms with van der Waals surface area (Å²) in [4.78, 5) is 34.8. The Balaban J connectivity index is 2.04. The van der Waals surface area contributed by atoms with Crippen molar-refractivity contribution in [3.8, 4) is 5.75 Å². The van der Waals surface area contributed by atoms with E-state index in [1.807, 2.05) is 0 Å². The van der Waals surface area contributed by atoms with Gasteiger partial charge in [-0.2, -0.15) is 0 Å². The van der Waals surface area contributed by atoms with Crippen LogP contribution in [-0.2, 0) is 11.2 Å². The molecule has 1 atom stereocenters. The van der Waals surface area contributed by atoms with E-state index in [0.717, 1.165) is 5.56 Å². The molecule has 0 radical (unpaired) electrons. The number of hydrogen-bond acceptors (Lipinski definition) is 4. The van der Waals surface area contributed by atoms with E-state index in [9.17, 15) is 14.4 Å². The third kappa shape index (κ3) is 3.39. The summed E-state index contributed by atoms with van der Waals surface area (Å²) in [5.74, 6) is 0.0923. The fourth-order valence-corrected chi connectivity index (χ4v) is 2.23. The van der Waals surface area contributed by atoms with Crippen LogP contribution < -0.4 is 15.4 Å². The van der Waals surface area contributed by atoms with Gasteiger partial charge in [0.05, 0.1) is 0 Å². The minimum Gasteiger partial charge on any atom is -0.481 e. The lowest BCUT2D eigenvalue weighted by Gasteiger charge is -2.16. The highest BCUT2D eigenvalue weighted by Crippen LogP contribution is 2.30. The summed E-state index contributed by atoms with van der Waals surface area (Å²) in [6.07, 6.45) is 0.263. The summed E-state index contributed by atoms with van der Waals surface area (Å²) < 4.78 is 5.60. The molecular weight excluding hydrogens is 272 g/mol. The Hall–Kier alpha value is -2.37. The lowest BCUT2D eigenvalue weighted by atomic mass is 10.1. The molecule has 0 spiro atoms. The van der Waals surface area contributed by atoms with Crippen molar-refractivity contribution in [1.82, 2.24) is 10.6 Å². The van der Waals surface area contributed by atoms with Crippen LogP contribution in [0, 0.1) is 0 Å². The van der Waals surface area contributed by atoms with Crippen LogP contribution in [0.15, 0.2) is 18.2 Å². The number of fused-ring (bicyclic) bond motifs is 1. The summed E-state index contributed by atoms with van der Waals surface area (Å²) in [6, 6.07) is 4.67. The van der Waals surface area contributed by atoms with Gasteiger partial charge in [0.1, 0.15) is 5.75 Å². The summed E-state index contributed by atoms with van der Waals surface area (Å²) in [7, 11) is 0. The first-order valence-electron chi connectivity index (χ1n) is 6.93. The van der Waals surface area contributed by atoms with Gasteiger partial charge in [-0.25, -0.2) is 4.79 Å². The molecule has 1 aliphatic carbocycles. The molecule has 0 aromatic heterocycles. The van der Waals surface area contributed by atoms with E-state index in [1.165, 1.54) is 0 Å². The van der Waals surface area contributed by atoms with Crippen molar-refractivity contribution in [2.45, 2.75) is 32.8 Å². The van der Waals surface area contributed by atoms with Crippen LogP contribution in [0.4, 0.5) is 4.79 Å². The SMILES string of the molecule is CCNC(=O)NC(=O)C(C)Oc1cccc2c1CCC2=O. The van der Waals surface area contributed by atoms with Gasteiger partial charge in [0.15, 0.2) is 11.9 Å². The lowest BCUT2D eigenvalue weighted by molar-refractivity contribution is -0.126. The number of rotatable bonds is 4. The van der Waals surface area contributed by atoms with E-state index in [2.05, 4.69) is 10.6 Å². The molecule has 0 saturated carbocycles. The molecular formula is C15H18N2O4. The predicted octanol–water partition coefficient (Wildman–Crippen LogP) is 1.43. The van der Waals surface area contributed by atoms with Crippen LogP contribution in [0.2, 0.25) is 0 Å². The molecule has 2 N–H and O–H groups in total. The van der Waals surface area contributed by atoms with Crippen molar-refractivity contribution in [3.63, 3.8) is 0 Å². The zero-order valence-electron chi connectivity index (χ0n) is 12.1. The Morgan fingerprint density at radius 3 is 2.81 bits per heavy atom. The van der Waals surface area contributed by atoms with E-state index in [0.29, 0.717) is 30.7 Å². The van der Waals surface area contributed by atoms with Crippen molar-refractivity contribution in [3.05, 3.63) is 29.3 Å². The maximum Gasteiger partial charge on any atom is 0.321 e. The minimum absolute atomic E-state index is 0.0925. The van der Waals surface area contributed by atoms with Gasteiger partial charge in [-0.05, 0) is 26.3 Å². The van der Waals surface area contributed by atoms with E-state index in [-0.39, 0.29) is 5.78 Å². The highest BCUT2D eigenvalue weighted by Gasteiger charge is 2.25. The van der Waals surface area contributed by atoms with Crippen LogP contribution >= 0.6 is 0 Å². The average molecular weight is 290 g/mol. The molecule has 0 aliphatic heterocycles. The van der Waals surface area contributed by atoms with Gasteiger partial charge in [0, 0.05) is 24.1 Å².